The molecule has 0 radical (unpaired) electrons. The molecule has 92 valence electrons. The smallest absolute Gasteiger partial charge is 0.310 e. The van der Waals surface area contributed by atoms with Crippen LogP contribution in [-0.4, -0.2) is 41.2 Å². The molecule has 1 aromatic heterocycles. The molecular weight excluding hydrogens is 242 g/mol. The number of furan rings is 1. The van der Waals surface area contributed by atoms with Crippen molar-refractivity contribution in [2.75, 3.05) is 19.3 Å². The van der Waals surface area contributed by atoms with E-state index in [-0.39, 0.29) is 24.8 Å². The molecule has 0 spiro atoms. The number of carboxylic acids is 1. The zero-order chi connectivity index (χ0) is 12.4. The Kier molecular flexibility index (Phi) is 3.42. The average molecular weight is 255 g/mol. The van der Waals surface area contributed by atoms with E-state index in [9.17, 15) is 9.59 Å². The van der Waals surface area contributed by atoms with Crippen LogP contribution in [-0.2, 0) is 10.5 Å². The van der Waals surface area contributed by atoms with Crippen LogP contribution in [0.5, 0.6) is 0 Å². The van der Waals surface area contributed by atoms with Crippen molar-refractivity contribution in [1.29, 1.82) is 0 Å². The normalized spacial score (nSPS) is 15.7. The highest BCUT2D eigenvalue weighted by Gasteiger charge is 2.36. The Morgan fingerprint density at radius 3 is 2.82 bits per heavy atom. The number of rotatable bonds is 4. The van der Waals surface area contributed by atoms with Crippen LogP contribution in [0.15, 0.2) is 16.5 Å². The molecule has 17 heavy (non-hydrogen) atoms. The lowest BCUT2D eigenvalue weighted by molar-refractivity contribution is -0.146. The largest absolute Gasteiger partial charge is 0.481 e. The number of aliphatic carboxylic acids is 1. The van der Waals surface area contributed by atoms with E-state index in [0.29, 0.717) is 0 Å². The highest BCUT2D eigenvalue weighted by Crippen LogP contribution is 2.21. The van der Waals surface area contributed by atoms with Crippen molar-refractivity contribution in [1.82, 2.24) is 4.90 Å². The van der Waals surface area contributed by atoms with E-state index in [1.807, 2.05) is 6.26 Å². The quantitative estimate of drug-likeness (QED) is 0.878. The lowest BCUT2D eigenvalue weighted by Gasteiger charge is -2.35. The zero-order valence-corrected chi connectivity index (χ0v) is 10.2. The maximum Gasteiger partial charge on any atom is 0.310 e. The summed E-state index contributed by atoms with van der Waals surface area (Å²) in [5.41, 5.74) is 0. The van der Waals surface area contributed by atoms with Crippen molar-refractivity contribution in [2.45, 2.75) is 5.75 Å². The molecule has 1 aliphatic heterocycles. The first-order valence-corrected chi connectivity index (χ1v) is 6.61. The number of nitrogens with zero attached hydrogens (tertiary/aromatic N) is 1. The first-order valence-electron chi connectivity index (χ1n) is 5.21. The molecule has 1 saturated heterocycles. The van der Waals surface area contributed by atoms with Crippen LogP contribution < -0.4 is 0 Å². The van der Waals surface area contributed by atoms with Crippen LogP contribution in [0.3, 0.4) is 0 Å². The van der Waals surface area contributed by atoms with Gasteiger partial charge >= 0.3 is 5.97 Å². The molecule has 6 heteroatoms. The van der Waals surface area contributed by atoms with Gasteiger partial charge in [-0.15, -0.1) is 0 Å². The minimum atomic E-state index is -0.850. The third-order valence-electron chi connectivity index (χ3n) is 2.68. The Labute approximate surface area is 103 Å². The van der Waals surface area contributed by atoms with Crippen LogP contribution in [0.1, 0.15) is 16.3 Å². The standard InChI is InChI=1S/C11H13NO4S/c1-17-6-8-2-3-9(16-8)10(13)12-4-7(5-12)11(14)15/h2-3,7H,4-6H2,1H3,(H,14,15). The summed E-state index contributed by atoms with van der Waals surface area (Å²) in [6.45, 7) is 0.541. The SMILES string of the molecule is CSCc1ccc(C(=O)N2CC(C(=O)O)C2)o1. The summed E-state index contributed by atoms with van der Waals surface area (Å²) in [5.74, 6) is 0.269. The van der Waals surface area contributed by atoms with E-state index >= 15 is 0 Å². The van der Waals surface area contributed by atoms with Gasteiger partial charge < -0.3 is 14.4 Å². The monoisotopic (exact) mass is 255 g/mol. The van der Waals surface area contributed by atoms with Gasteiger partial charge in [-0.05, 0) is 18.4 Å². The predicted octanol–water partition coefficient (Wildman–Crippen LogP) is 1.30. The number of thioether (sulfide) groups is 1. The molecule has 1 N–H and O–H groups in total. The molecular formula is C11H13NO4S. The molecule has 2 heterocycles. The van der Waals surface area contributed by atoms with Gasteiger partial charge in [0.2, 0.25) is 0 Å². The predicted molar refractivity (Wildman–Crippen MR) is 63.0 cm³/mol. The average Bonchev–Trinajstić information content (AvgIpc) is 2.63. The minimum Gasteiger partial charge on any atom is -0.481 e. The maximum absolute atomic E-state index is 11.8. The van der Waals surface area contributed by atoms with Gasteiger partial charge in [-0.3, -0.25) is 9.59 Å². The molecule has 0 aromatic carbocycles. The first kappa shape index (κ1) is 12.0. The second-order valence-corrected chi connectivity index (χ2v) is 4.81. The van der Waals surface area contributed by atoms with Crippen LogP contribution in [0.25, 0.3) is 0 Å². The second-order valence-electron chi connectivity index (χ2n) is 3.94. The van der Waals surface area contributed by atoms with E-state index < -0.39 is 11.9 Å². The van der Waals surface area contributed by atoms with Crippen molar-refractivity contribution < 1.29 is 19.1 Å². The third-order valence-corrected chi connectivity index (χ3v) is 3.25. The summed E-state index contributed by atoms with van der Waals surface area (Å²) in [6.07, 6.45) is 1.96. The minimum absolute atomic E-state index is 0.227. The molecule has 5 nitrogen and oxygen atoms in total. The summed E-state index contributed by atoms with van der Waals surface area (Å²) in [4.78, 5) is 23.9. The molecule has 1 aromatic rings. The summed E-state index contributed by atoms with van der Waals surface area (Å²) in [6, 6.07) is 3.42. The third kappa shape index (κ3) is 2.46. The van der Waals surface area contributed by atoms with Gasteiger partial charge in [0.1, 0.15) is 5.76 Å². The highest BCUT2D eigenvalue weighted by molar-refractivity contribution is 7.97. The fraction of sp³-hybridized carbons (Fsp3) is 0.455. The number of carbonyl (C=O) groups excluding carboxylic acids is 1. The van der Waals surface area contributed by atoms with E-state index in [1.54, 1.807) is 23.9 Å². The highest BCUT2D eigenvalue weighted by atomic mass is 32.2. The maximum atomic E-state index is 11.8. The summed E-state index contributed by atoms with van der Waals surface area (Å²) < 4.78 is 5.38. The Morgan fingerprint density at radius 2 is 2.24 bits per heavy atom. The Morgan fingerprint density at radius 1 is 1.53 bits per heavy atom. The second kappa shape index (κ2) is 4.83. The molecule has 0 unspecified atom stereocenters. The molecule has 0 saturated carbocycles. The number of likely N-dealkylation sites (tertiary alicyclic amines) is 1. The Balaban J connectivity index is 1.94. The molecule has 2 rings (SSSR count). The van der Waals surface area contributed by atoms with Crippen LogP contribution in [0.2, 0.25) is 0 Å². The van der Waals surface area contributed by atoms with Gasteiger partial charge in [-0.2, -0.15) is 11.8 Å². The van der Waals surface area contributed by atoms with Crippen molar-refractivity contribution in [3.63, 3.8) is 0 Å². The van der Waals surface area contributed by atoms with Gasteiger partial charge in [0.05, 0.1) is 11.7 Å². The van der Waals surface area contributed by atoms with Gasteiger partial charge in [0.25, 0.3) is 5.91 Å². The Bertz CT molecular complexity index is 436. The molecule has 0 bridgehead atoms. The van der Waals surface area contributed by atoms with E-state index in [4.69, 9.17) is 9.52 Å². The van der Waals surface area contributed by atoms with Crippen molar-refractivity contribution in [3.8, 4) is 0 Å². The molecule has 0 atom stereocenters. The summed E-state index contributed by atoms with van der Waals surface area (Å²) >= 11 is 1.62. The molecule has 1 amide bonds. The summed E-state index contributed by atoms with van der Waals surface area (Å²) in [7, 11) is 0. The van der Waals surface area contributed by atoms with Crippen molar-refractivity contribution in [2.24, 2.45) is 5.92 Å². The van der Waals surface area contributed by atoms with E-state index in [2.05, 4.69) is 0 Å². The molecule has 1 aliphatic rings. The van der Waals surface area contributed by atoms with E-state index in [1.165, 1.54) is 4.90 Å². The fourth-order valence-corrected chi connectivity index (χ4v) is 2.11. The molecule has 1 fully saturated rings. The number of carbonyl (C=O) groups is 2. The number of hydrogen-bond donors (Lipinski definition) is 1. The molecule has 0 aliphatic carbocycles. The van der Waals surface area contributed by atoms with Crippen molar-refractivity contribution >= 4 is 23.6 Å². The van der Waals surface area contributed by atoms with E-state index in [0.717, 1.165) is 11.5 Å². The van der Waals surface area contributed by atoms with Crippen molar-refractivity contribution in [3.05, 3.63) is 23.7 Å². The van der Waals surface area contributed by atoms with Gasteiger partial charge in [-0.25, -0.2) is 0 Å². The van der Waals surface area contributed by atoms with Crippen LogP contribution in [0, 0.1) is 5.92 Å². The lowest BCUT2D eigenvalue weighted by atomic mass is 10.0. The Hall–Kier alpha value is -1.43. The lowest BCUT2D eigenvalue weighted by Crippen LogP contribution is -2.52. The number of carboxylic acid groups (broad SMARTS) is 1. The fourth-order valence-electron chi connectivity index (χ4n) is 1.67. The number of hydrogen-bond acceptors (Lipinski definition) is 4. The summed E-state index contributed by atoms with van der Waals surface area (Å²) in [5, 5.41) is 8.71. The zero-order valence-electron chi connectivity index (χ0n) is 9.38. The van der Waals surface area contributed by atoms with Gasteiger partial charge in [0.15, 0.2) is 5.76 Å². The first-order chi connectivity index (χ1) is 8.11. The number of amides is 1. The topological polar surface area (TPSA) is 70.8 Å². The van der Waals surface area contributed by atoms with Crippen LogP contribution in [0.4, 0.5) is 0 Å². The van der Waals surface area contributed by atoms with Gasteiger partial charge in [-0.1, -0.05) is 0 Å². The van der Waals surface area contributed by atoms with Gasteiger partial charge in [0, 0.05) is 13.1 Å². The van der Waals surface area contributed by atoms with Crippen LogP contribution >= 0.6 is 11.8 Å².